The number of hydrogen-bond donors (Lipinski definition) is 2. The van der Waals surface area contributed by atoms with Crippen molar-refractivity contribution in [3.05, 3.63) is 46.2 Å². The summed E-state index contributed by atoms with van der Waals surface area (Å²) in [6, 6.07) is 3.94. The molecule has 3 aromatic rings. The first-order valence-corrected chi connectivity index (χ1v) is 8.50. The van der Waals surface area contributed by atoms with Crippen LogP contribution in [0.4, 0.5) is 5.95 Å². The van der Waals surface area contributed by atoms with Gasteiger partial charge < -0.3 is 0 Å². The predicted octanol–water partition coefficient (Wildman–Crippen LogP) is 1.70. The van der Waals surface area contributed by atoms with Crippen molar-refractivity contribution in [3.63, 3.8) is 0 Å². The summed E-state index contributed by atoms with van der Waals surface area (Å²) in [4.78, 5) is 25.1. The van der Waals surface area contributed by atoms with Crippen LogP contribution in [-0.2, 0) is 11.2 Å². The molecule has 0 radical (unpaired) electrons. The Bertz CT molecular complexity index is 1040. The van der Waals surface area contributed by atoms with Gasteiger partial charge in [-0.1, -0.05) is 0 Å². The molecule has 9 nitrogen and oxygen atoms in total. The molecule has 138 valence electrons. The number of amides is 1. The molecule has 3 aromatic heterocycles. The van der Waals surface area contributed by atoms with Crippen LogP contribution in [0.3, 0.4) is 0 Å². The van der Waals surface area contributed by atoms with Crippen LogP contribution in [0.25, 0.3) is 5.65 Å². The van der Waals surface area contributed by atoms with Gasteiger partial charge >= 0.3 is 0 Å². The van der Waals surface area contributed by atoms with Gasteiger partial charge in [-0.3, -0.25) is 15.6 Å². The van der Waals surface area contributed by atoms with Gasteiger partial charge in [-0.25, -0.2) is 19.5 Å². The van der Waals surface area contributed by atoms with E-state index in [-0.39, 0.29) is 12.3 Å². The number of anilines is 1. The average Bonchev–Trinajstić information content (AvgIpc) is 3.02. The van der Waals surface area contributed by atoms with Crippen LogP contribution in [-0.4, -0.2) is 30.5 Å². The van der Waals surface area contributed by atoms with Gasteiger partial charge in [-0.15, -0.1) is 0 Å². The first-order chi connectivity index (χ1) is 12.9. The maximum atomic E-state index is 12.2. The molecule has 0 unspecified atom stereocenters. The lowest BCUT2D eigenvalue weighted by Crippen LogP contribution is -2.30. The zero-order valence-corrected chi connectivity index (χ0v) is 15.7. The van der Waals surface area contributed by atoms with E-state index in [1.54, 1.807) is 4.52 Å². The van der Waals surface area contributed by atoms with Crippen LogP contribution >= 0.6 is 0 Å². The molecule has 9 heteroatoms. The molecule has 0 bridgehead atoms. The minimum atomic E-state index is -0.185. The Morgan fingerprint density at radius 3 is 2.56 bits per heavy atom. The molecule has 0 spiro atoms. The number of fused-ring (bicyclic) bond motifs is 1. The predicted molar refractivity (Wildman–Crippen MR) is 98.8 cm³/mol. The smallest absolute Gasteiger partial charge is 0.242 e. The fraction of sp³-hybridized carbons (Fsp3) is 0.333. The van der Waals surface area contributed by atoms with Gasteiger partial charge in [0.1, 0.15) is 11.6 Å². The van der Waals surface area contributed by atoms with Crippen LogP contribution in [0.5, 0.6) is 0 Å². The van der Waals surface area contributed by atoms with Crippen molar-refractivity contribution < 1.29 is 4.79 Å². The maximum Gasteiger partial charge on any atom is 0.242 e. The van der Waals surface area contributed by atoms with Crippen LogP contribution in [0, 0.1) is 39.0 Å². The van der Waals surface area contributed by atoms with Crippen LogP contribution in [0.1, 0.15) is 40.3 Å². The SMILES string of the molecule is Cc1cc(C)nc(NNC(=O)CCc2c(C)nc3c(C#N)cnn3c2C)n1. The number of hydrazine groups is 1. The summed E-state index contributed by atoms with van der Waals surface area (Å²) in [6.45, 7) is 7.51. The molecule has 0 aliphatic heterocycles. The molecule has 0 fully saturated rings. The van der Waals surface area contributed by atoms with E-state index in [0.29, 0.717) is 23.6 Å². The molecule has 3 heterocycles. The molecular formula is C18H20N8O. The number of nitrogens with zero attached hydrogens (tertiary/aromatic N) is 6. The first kappa shape index (κ1) is 18.3. The van der Waals surface area contributed by atoms with Crippen molar-refractivity contribution in [2.75, 3.05) is 5.43 Å². The number of rotatable bonds is 5. The summed E-state index contributed by atoms with van der Waals surface area (Å²) in [6.07, 6.45) is 2.27. The highest BCUT2D eigenvalue weighted by Gasteiger charge is 2.14. The largest absolute Gasteiger partial charge is 0.273 e. The Morgan fingerprint density at radius 2 is 1.89 bits per heavy atom. The Labute approximate surface area is 156 Å². The highest BCUT2D eigenvalue weighted by Crippen LogP contribution is 2.18. The van der Waals surface area contributed by atoms with Gasteiger partial charge in [0.25, 0.3) is 0 Å². The van der Waals surface area contributed by atoms with Crippen molar-refractivity contribution in [1.29, 1.82) is 5.26 Å². The number of nitrogens with one attached hydrogen (secondary N) is 2. The summed E-state index contributed by atoms with van der Waals surface area (Å²) in [7, 11) is 0. The minimum Gasteiger partial charge on any atom is -0.273 e. The van der Waals surface area contributed by atoms with E-state index < -0.39 is 0 Å². The molecular weight excluding hydrogens is 344 g/mol. The van der Waals surface area contributed by atoms with Crippen LogP contribution in [0.2, 0.25) is 0 Å². The van der Waals surface area contributed by atoms with E-state index in [0.717, 1.165) is 28.3 Å². The number of carbonyl (C=O) groups excluding carboxylic acids is 1. The monoisotopic (exact) mass is 364 g/mol. The third-order valence-electron chi connectivity index (χ3n) is 4.23. The minimum absolute atomic E-state index is 0.185. The lowest BCUT2D eigenvalue weighted by molar-refractivity contribution is -0.120. The summed E-state index contributed by atoms with van der Waals surface area (Å²) in [5, 5.41) is 13.3. The van der Waals surface area contributed by atoms with Crippen molar-refractivity contribution in [2.45, 2.75) is 40.5 Å². The normalized spacial score (nSPS) is 10.6. The van der Waals surface area contributed by atoms with Crippen LogP contribution in [0.15, 0.2) is 12.3 Å². The Kier molecular flexibility index (Phi) is 4.98. The summed E-state index contributed by atoms with van der Waals surface area (Å²) < 4.78 is 1.64. The molecule has 0 atom stereocenters. The number of nitriles is 1. The van der Waals surface area contributed by atoms with Gasteiger partial charge in [0, 0.05) is 29.2 Å². The average molecular weight is 364 g/mol. The van der Waals surface area contributed by atoms with Crippen molar-refractivity contribution >= 4 is 17.5 Å². The number of aromatic nitrogens is 5. The zero-order valence-electron chi connectivity index (χ0n) is 15.7. The lowest BCUT2D eigenvalue weighted by atomic mass is 10.1. The van der Waals surface area contributed by atoms with Gasteiger partial charge in [-0.2, -0.15) is 10.4 Å². The quantitative estimate of drug-likeness (QED) is 0.661. The Balaban J connectivity index is 1.67. The standard InChI is InChI=1S/C18H20N8O/c1-10-7-11(2)22-18(21-10)25-24-16(27)6-5-15-12(3)23-17-14(8-19)9-20-26(17)13(15)4/h7,9H,5-6H2,1-4H3,(H,24,27)(H,21,22,25). The van der Waals surface area contributed by atoms with Gasteiger partial charge in [0.2, 0.25) is 11.9 Å². The number of aryl methyl sites for hydroxylation is 4. The molecule has 3 rings (SSSR count). The van der Waals surface area contributed by atoms with Crippen molar-refractivity contribution in [1.82, 2.24) is 30.0 Å². The second-order valence-corrected chi connectivity index (χ2v) is 6.31. The van der Waals surface area contributed by atoms with Crippen molar-refractivity contribution in [3.8, 4) is 6.07 Å². The molecule has 0 saturated heterocycles. The van der Waals surface area contributed by atoms with E-state index in [1.165, 1.54) is 6.20 Å². The number of carbonyl (C=O) groups is 1. The Hall–Kier alpha value is -3.54. The molecule has 0 aliphatic carbocycles. The molecule has 0 saturated carbocycles. The first-order valence-electron chi connectivity index (χ1n) is 8.50. The fourth-order valence-electron chi connectivity index (χ4n) is 2.96. The van der Waals surface area contributed by atoms with E-state index in [9.17, 15) is 4.79 Å². The summed E-state index contributed by atoms with van der Waals surface area (Å²) in [5.41, 5.74) is 10.6. The highest BCUT2D eigenvalue weighted by atomic mass is 16.2. The third kappa shape index (κ3) is 3.84. The van der Waals surface area contributed by atoms with E-state index in [4.69, 9.17) is 5.26 Å². The van der Waals surface area contributed by atoms with Crippen molar-refractivity contribution in [2.24, 2.45) is 0 Å². The fourth-order valence-corrected chi connectivity index (χ4v) is 2.96. The van der Waals surface area contributed by atoms with E-state index in [1.807, 2.05) is 33.8 Å². The highest BCUT2D eigenvalue weighted by molar-refractivity contribution is 5.77. The third-order valence-corrected chi connectivity index (χ3v) is 4.23. The molecule has 0 aliphatic rings. The maximum absolute atomic E-state index is 12.2. The molecule has 2 N–H and O–H groups in total. The summed E-state index contributed by atoms with van der Waals surface area (Å²) in [5.74, 6) is 0.173. The zero-order chi connectivity index (χ0) is 19.6. The van der Waals surface area contributed by atoms with E-state index in [2.05, 4.69) is 37.0 Å². The molecule has 1 amide bonds. The number of hydrogen-bond acceptors (Lipinski definition) is 7. The van der Waals surface area contributed by atoms with Crippen LogP contribution < -0.4 is 10.9 Å². The second kappa shape index (κ2) is 7.37. The van der Waals surface area contributed by atoms with E-state index >= 15 is 0 Å². The molecule has 0 aromatic carbocycles. The van der Waals surface area contributed by atoms with Gasteiger partial charge in [0.05, 0.1) is 6.20 Å². The topological polar surface area (TPSA) is 121 Å². The second-order valence-electron chi connectivity index (χ2n) is 6.31. The molecule has 27 heavy (non-hydrogen) atoms. The Morgan fingerprint density at radius 1 is 1.19 bits per heavy atom. The van der Waals surface area contributed by atoms with Gasteiger partial charge in [-0.05, 0) is 45.7 Å². The lowest BCUT2D eigenvalue weighted by Gasteiger charge is -2.12. The van der Waals surface area contributed by atoms with Gasteiger partial charge in [0.15, 0.2) is 5.65 Å². The summed E-state index contributed by atoms with van der Waals surface area (Å²) >= 11 is 0.